The molecule has 4 N–H and O–H groups in total. The summed E-state index contributed by atoms with van der Waals surface area (Å²) >= 11 is 6.35. The lowest BCUT2D eigenvalue weighted by Crippen LogP contribution is -2.36. The zero-order chi connectivity index (χ0) is 24.1. The van der Waals surface area contributed by atoms with Crippen LogP contribution in [0.1, 0.15) is 39.1 Å². The van der Waals surface area contributed by atoms with Crippen molar-refractivity contribution in [2.75, 3.05) is 38.8 Å². The summed E-state index contributed by atoms with van der Waals surface area (Å²) in [7, 11) is 1.55. The van der Waals surface area contributed by atoms with Crippen LogP contribution in [0.2, 0.25) is 5.02 Å². The van der Waals surface area contributed by atoms with Crippen molar-refractivity contribution in [2.24, 2.45) is 0 Å². The number of aliphatic hydroxyl groups is 1. The number of amides is 1. The fourth-order valence-electron chi connectivity index (χ4n) is 3.86. The molecule has 0 aliphatic carbocycles. The van der Waals surface area contributed by atoms with Crippen molar-refractivity contribution in [1.82, 2.24) is 20.3 Å². The highest BCUT2D eigenvalue weighted by Crippen LogP contribution is 2.29. The number of nitrogens with zero attached hydrogens (tertiary/aromatic N) is 2. The molecule has 0 unspecified atom stereocenters. The molecule has 34 heavy (non-hydrogen) atoms. The number of ketones is 1. The van der Waals surface area contributed by atoms with E-state index in [1.807, 2.05) is 0 Å². The normalized spacial score (nSPS) is 18.1. The number of aromatic nitrogens is 3. The van der Waals surface area contributed by atoms with Gasteiger partial charge in [0, 0.05) is 31.0 Å². The van der Waals surface area contributed by atoms with Gasteiger partial charge in [-0.1, -0.05) is 11.6 Å². The van der Waals surface area contributed by atoms with Crippen LogP contribution >= 0.6 is 11.6 Å². The highest BCUT2D eigenvalue weighted by molar-refractivity contribution is 6.36. The molecule has 0 spiro atoms. The molecule has 2 atom stereocenters. The lowest BCUT2D eigenvalue weighted by Gasteiger charge is -2.29. The van der Waals surface area contributed by atoms with Gasteiger partial charge in [0.25, 0.3) is 5.91 Å². The molecule has 1 aliphatic rings. The molecule has 3 aromatic rings. The number of fused-ring (bicyclic) bond motifs is 1. The maximum atomic E-state index is 13.5. The molecule has 0 radical (unpaired) electrons. The maximum Gasteiger partial charge on any atom is 0.251 e. The largest absolute Gasteiger partial charge is 0.394 e. The van der Waals surface area contributed by atoms with E-state index >= 15 is 0 Å². The summed E-state index contributed by atoms with van der Waals surface area (Å²) in [5.74, 6) is -0.193. The molecule has 2 aromatic heterocycles. The molecule has 1 fully saturated rings. The lowest BCUT2D eigenvalue weighted by atomic mass is 10.0. The Morgan fingerprint density at radius 2 is 2.15 bits per heavy atom. The van der Waals surface area contributed by atoms with Gasteiger partial charge < -0.3 is 30.2 Å². The zero-order valence-corrected chi connectivity index (χ0v) is 19.4. The number of hydrogen-bond donors (Lipinski definition) is 4. The van der Waals surface area contributed by atoms with E-state index in [4.69, 9.17) is 21.1 Å². The number of methoxy groups -OCH3 is 1. The number of benzene rings is 1. The second kappa shape index (κ2) is 10.9. The molecule has 1 aromatic carbocycles. The van der Waals surface area contributed by atoms with Crippen LogP contribution in [0.4, 0.5) is 5.82 Å². The fourth-order valence-corrected chi connectivity index (χ4v) is 4.07. The first-order valence-corrected chi connectivity index (χ1v) is 11.3. The molecular weight excluding hydrogens is 462 g/mol. The molecule has 10 nitrogen and oxygen atoms in total. The molecule has 4 rings (SSSR count). The number of halogens is 1. The van der Waals surface area contributed by atoms with Crippen LogP contribution in [0.5, 0.6) is 0 Å². The van der Waals surface area contributed by atoms with Gasteiger partial charge in [-0.3, -0.25) is 9.59 Å². The van der Waals surface area contributed by atoms with Crippen LogP contribution in [-0.2, 0) is 9.47 Å². The fraction of sp³-hybridized carbons (Fsp3) is 0.391. The number of H-pyrrole nitrogens is 1. The Morgan fingerprint density at radius 3 is 2.88 bits per heavy atom. The van der Waals surface area contributed by atoms with Gasteiger partial charge in [0.15, 0.2) is 5.78 Å². The Bertz CT molecular complexity index is 1180. The SMILES string of the molecule is COCCNC(=O)c1ccc(Cl)c(C(=O)c2c[nH]c3ncnc(N[C@@H]4CC[C@@H](CO)OC4)c23)c1. The number of anilines is 1. The summed E-state index contributed by atoms with van der Waals surface area (Å²) in [6, 6.07) is 4.55. The van der Waals surface area contributed by atoms with Crippen LogP contribution in [-0.4, -0.2) is 77.4 Å². The number of aromatic amines is 1. The van der Waals surface area contributed by atoms with Gasteiger partial charge >= 0.3 is 0 Å². The minimum absolute atomic E-state index is 0.00877. The van der Waals surface area contributed by atoms with Crippen LogP contribution in [0.25, 0.3) is 11.0 Å². The molecular formula is C23H26ClN5O5. The standard InChI is InChI=1S/C23H26ClN5O5/c1-33-7-6-25-23(32)13-2-5-18(24)16(8-13)20(31)17-9-26-21-19(17)22(28-12-27-21)29-14-3-4-15(10-30)34-11-14/h2,5,8-9,12,14-15,30H,3-4,6-7,10-11H2,1H3,(H,25,32)(H2,26,27,28,29)/t14-,15+/m1/s1. The van der Waals surface area contributed by atoms with E-state index in [2.05, 4.69) is 25.6 Å². The molecule has 180 valence electrons. The minimum atomic E-state index is -0.360. The van der Waals surface area contributed by atoms with E-state index in [0.29, 0.717) is 47.7 Å². The second-order valence-corrected chi connectivity index (χ2v) is 8.38. The maximum absolute atomic E-state index is 13.5. The van der Waals surface area contributed by atoms with E-state index in [-0.39, 0.29) is 41.0 Å². The molecule has 1 amide bonds. The van der Waals surface area contributed by atoms with Gasteiger partial charge in [0.2, 0.25) is 0 Å². The van der Waals surface area contributed by atoms with Crippen LogP contribution < -0.4 is 10.6 Å². The third-order valence-electron chi connectivity index (χ3n) is 5.69. The summed E-state index contributed by atoms with van der Waals surface area (Å²) in [5.41, 5.74) is 1.34. The molecule has 1 saturated heterocycles. The average Bonchev–Trinajstić information content (AvgIpc) is 3.30. The minimum Gasteiger partial charge on any atom is -0.394 e. The van der Waals surface area contributed by atoms with Crippen molar-refractivity contribution in [3.05, 3.63) is 52.4 Å². The van der Waals surface area contributed by atoms with Crippen molar-refractivity contribution in [3.8, 4) is 0 Å². The second-order valence-electron chi connectivity index (χ2n) is 7.98. The van der Waals surface area contributed by atoms with E-state index in [0.717, 1.165) is 12.8 Å². The Balaban J connectivity index is 1.61. The van der Waals surface area contributed by atoms with E-state index < -0.39 is 0 Å². The van der Waals surface area contributed by atoms with Gasteiger partial charge in [-0.05, 0) is 31.0 Å². The summed E-state index contributed by atoms with van der Waals surface area (Å²) in [4.78, 5) is 37.5. The summed E-state index contributed by atoms with van der Waals surface area (Å²) in [6.07, 6.45) is 4.32. The molecule has 11 heteroatoms. The highest BCUT2D eigenvalue weighted by Gasteiger charge is 2.25. The van der Waals surface area contributed by atoms with E-state index in [1.165, 1.54) is 18.5 Å². The Labute approximate surface area is 201 Å². The first-order valence-electron chi connectivity index (χ1n) is 10.9. The summed E-state index contributed by atoms with van der Waals surface area (Å²) < 4.78 is 10.6. The van der Waals surface area contributed by atoms with Gasteiger partial charge in [0.1, 0.15) is 17.8 Å². The smallest absolute Gasteiger partial charge is 0.251 e. The molecule has 0 saturated carbocycles. The van der Waals surface area contributed by atoms with Gasteiger partial charge in [0.05, 0.1) is 47.9 Å². The van der Waals surface area contributed by atoms with Crippen molar-refractivity contribution in [3.63, 3.8) is 0 Å². The highest BCUT2D eigenvalue weighted by atomic mass is 35.5. The number of rotatable bonds is 9. The van der Waals surface area contributed by atoms with Crippen LogP contribution in [0.15, 0.2) is 30.7 Å². The number of aliphatic hydroxyl groups excluding tert-OH is 1. The van der Waals surface area contributed by atoms with Gasteiger partial charge in [-0.25, -0.2) is 9.97 Å². The van der Waals surface area contributed by atoms with Crippen molar-refractivity contribution < 1.29 is 24.2 Å². The van der Waals surface area contributed by atoms with Crippen LogP contribution in [0, 0.1) is 0 Å². The predicted octanol–water partition coefficient (Wildman–Crippen LogP) is 2.17. The average molecular weight is 488 g/mol. The molecule has 0 bridgehead atoms. The Kier molecular flexibility index (Phi) is 7.73. The van der Waals surface area contributed by atoms with Gasteiger partial charge in [-0.15, -0.1) is 0 Å². The first kappa shape index (κ1) is 24.1. The molecule has 3 heterocycles. The zero-order valence-electron chi connectivity index (χ0n) is 18.6. The molecule has 1 aliphatic heterocycles. The number of carbonyl (C=O) groups is 2. The third kappa shape index (κ3) is 5.20. The van der Waals surface area contributed by atoms with E-state index in [1.54, 1.807) is 19.4 Å². The van der Waals surface area contributed by atoms with Crippen LogP contribution in [0.3, 0.4) is 0 Å². The summed E-state index contributed by atoms with van der Waals surface area (Å²) in [6.45, 7) is 1.13. The van der Waals surface area contributed by atoms with E-state index in [9.17, 15) is 14.7 Å². The van der Waals surface area contributed by atoms with Gasteiger partial charge in [-0.2, -0.15) is 0 Å². The Morgan fingerprint density at radius 1 is 1.29 bits per heavy atom. The monoisotopic (exact) mass is 487 g/mol. The quantitative estimate of drug-likeness (QED) is 0.266. The van der Waals surface area contributed by atoms with Crippen molar-refractivity contribution >= 4 is 40.1 Å². The topological polar surface area (TPSA) is 138 Å². The predicted molar refractivity (Wildman–Crippen MR) is 126 cm³/mol. The lowest BCUT2D eigenvalue weighted by molar-refractivity contribution is -0.0224. The summed E-state index contributed by atoms with van der Waals surface area (Å²) in [5, 5.41) is 16.1. The van der Waals surface area contributed by atoms with Crippen molar-refractivity contribution in [1.29, 1.82) is 0 Å². The first-order chi connectivity index (χ1) is 16.5. The Hall–Kier alpha value is -3.05. The third-order valence-corrected chi connectivity index (χ3v) is 6.02. The number of ether oxygens (including phenoxy) is 2. The number of carbonyl (C=O) groups excluding carboxylic acids is 2. The van der Waals surface area contributed by atoms with Crippen molar-refractivity contribution in [2.45, 2.75) is 25.0 Å². The number of hydrogen-bond acceptors (Lipinski definition) is 8. The number of nitrogens with one attached hydrogen (secondary N) is 3.